The Bertz CT molecular complexity index is 853. The Morgan fingerprint density at radius 1 is 1.04 bits per heavy atom. The van der Waals surface area contributed by atoms with Gasteiger partial charge in [-0.05, 0) is 28.5 Å². The molecular weight excluding hydrogens is 374 g/mol. The molecular formula is C17H13CuN3O4. The minimum atomic E-state index is -1.75. The summed E-state index contributed by atoms with van der Waals surface area (Å²) in [6.45, 7) is 0.476. The maximum Gasteiger partial charge on any atom is 2.00 e. The van der Waals surface area contributed by atoms with Gasteiger partial charge >= 0.3 is 17.1 Å². The number of pyridine rings is 1. The van der Waals surface area contributed by atoms with Gasteiger partial charge < -0.3 is 20.4 Å². The van der Waals surface area contributed by atoms with E-state index in [-0.39, 0.29) is 22.8 Å². The molecule has 0 bridgehead atoms. The third kappa shape index (κ3) is 6.21. The average Bonchev–Trinajstić information content (AvgIpc) is 2.57. The summed E-state index contributed by atoms with van der Waals surface area (Å²) in [7, 11) is 0. The molecule has 0 aliphatic carbocycles. The van der Waals surface area contributed by atoms with Crippen LogP contribution in [0.15, 0.2) is 65.8 Å². The van der Waals surface area contributed by atoms with Gasteiger partial charge in [0.2, 0.25) is 0 Å². The van der Waals surface area contributed by atoms with E-state index in [1.165, 1.54) is 0 Å². The van der Waals surface area contributed by atoms with E-state index in [1.54, 1.807) is 18.5 Å². The number of hydrogen-bond acceptors (Lipinski definition) is 6. The molecule has 0 N–H and O–H groups in total. The van der Waals surface area contributed by atoms with Gasteiger partial charge in [0.25, 0.3) is 0 Å². The molecule has 3 rings (SSSR count). The van der Waals surface area contributed by atoms with Crippen LogP contribution >= 0.6 is 0 Å². The van der Waals surface area contributed by atoms with Gasteiger partial charge in [0.15, 0.2) is 0 Å². The minimum Gasteiger partial charge on any atom is -0.872 e. The van der Waals surface area contributed by atoms with Crippen LogP contribution in [-0.4, -0.2) is 16.3 Å². The molecule has 0 saturated carbocycles. The van der Waals surface area contributed by atoms with E-state index in [0.717, 1.165) is 16.5 Å². The average molecular weight is 387 g/mol. The van der Waals surface area contributed by atoms with E-state index in [9.17, 15) is 5.11 Å². The quantitative estimate of drug-likeness (QED) is 0.297. The van der Waals surface area contributed by atoms with Gasteiger partial charge in [-0.1, -0.05) is 48.2 Å². The summed E-state index contributed by atoms with van der Waals surface area (Å²) in [6, 6.07) is 17.0. The van der Waals surface area contributed by atoms with Crippen LogP contribution in [0, 0.1) is 15.3 Å². The van der Waals surface area contributed by atoms with Crippen molar-refractivity contribution >= 4 is 17.0 Å². The number of hydrogen-bond donors (Lipinski definition) is 0. The van der Waals surface area contributed by atoms with E-state index in [2.05, 4.69) is 9.98 Å². The first-order valence-corrected chi connectivity index (χ1v) is 6.98. The van der Waals surface area contributed by atoms with E-state index in [1.807, 2.05) is 48.5 Å². The fourth-order valence-electron chi connectivity index (χ4n) is 2.13. The van der Waals surface area contributed by atoms with Gasteiger partial charge in [0.05, 0.1) is 17.3 Å². The number of fused-ring (bicyclic) bond motifs is 1. The molecule has 1 aromatic heterocycles. The van der Waals surface area contributed by atoms with Gasteiger partial charge in [-0.3, -0.25) is 9.98 Å². The third-order valence-electron chi connectivity index (χ3n) is 3.13. The molecule has 0 aliphatic heterocycles. The maximum absolute atomic E-state index is 12.0. The van der Waals surface area contributed by atoms with Gasteiger partial charge in [0.1, 0.15) is 0 Å². The SMILES string of the molecule is O=[N+]([O-])[O-].[Cu+2].[O-]c1ccc2ccccc2c1C=NCc1ccccn1. The molecule has 0 unspecified atom stereocenters. The van der Waals surface area contributed by atoms with Crippen molar-refractivity contribution in [2.24, 2.45) is 4.99 Å². The first-order valence-electron chi connectivity index (χ1n) is 6.98. The molecule has 131 valence electrons. The summed E-state index contributed by atoms with van der Waals surface area (Å²) < 4.78 is 0. The van der Waals surface area contributed by atoms with E-state index < -0.39 is 5.09 Å². The smallest absolute Gasteiger partial charge is 0.872 e. The first-order chi connectivity index (χ1) is 11.6. The van der Waals surface area contributed by atoms with E-state index in [4.69, 9.17) is 15.3 Å². The maximum atomic E-state index is 12.0. The topological polar surface area (TPSA) is 115 Å². The molecule has 7 nitrogen and oxygen atoms in total. The molecule has 0 aliphatic rings. The van der Waals surface area contributed by atoms with Crippen LogP contribution in [-0.2, 0) is 23.6 Å². The Balaban J connectivity index is 0.000000568. The summed E-state index contributed by atoms with van der Waals surface area (Å²) >= 11 is 0. The van der Waals surface area contributed by atoms with Gasteiger partial charge in [-0.15, -0.1) is 0 Å². The zero-order valence-electron chi connectivity index (χ0n) is 12.8. The monoisotopic (exact) mass is 386 g/mol. The second-order valence-corrected chi connectivity index (χ2v) is 4.71. The molecule has 0 atom stereocenters. The normalized spacial score (nSPS) is 9.92. The molecule has 1 radical (unpaired) electrons. The Labute approximate surface area is 154 Å². The summed E-state index contributed by atoms with van der Waals surface area (Å²) in [5, 5.41) is 28.7. The van der Waals surface area contributed by atoms with Gasteiger partial charge in [-0.25, -0.2) is 0 Å². The molecule has 2 aromatic carbocycles. The summed E-state index contributed by atoms with van der Waals surface area (Å²) in [5.41, 5.74) is 1.52. The van der Waals surface area contributed by atoms with E-state index >= 15 is 0 Å². The number of aromatic nitrogens is 1. The van der Waals surface area contributed by atoms with Crippen molar-refractivity contribution in [2.75, 3.05) is 0 Å². The standard InChI is InChI=1S/C17H14N2O.Cu.NO3/c20-17-9-8-13-5-1-2-7-15(13)16(17)12-18-11-14-6-3-4-10-19-14;;2-1(3)4/h1-10,12,20H,11H2;;/q;+2;-1/p-1. The van der Waals surface area contributed by atoms with Crippen LogP contribution in [0.5, 0.6) is 5.75 Å². The van der Waals surface area contributed by atoms with Gasteiger partial charge in [-0.2, -0.15) is 0 Å². The fourth-order valence-corrected chi connectivity index (χ4v) is 2.13. The Morgan fingerprint density at radius 3 is 2.40 bits per heavy atom. The van der Waals surface area contributed by atoms with Crippen molar-refractivity contribution < 1.29 is 27.3 Å². The van der Waals surface area contributed by atoms with Crippen molar-refractivity contribution in [3.05, 3.63) is 87.4 Å². The summed E-state index contributed by atoms with van der Waals surface area (Å²) in [4.78, 5) is 16.8. The third-order valence-corrected chi connectivity index (χ3v) is 3.13. The predicted molar refractivity (Wildman–Crippen MR) is 89.3 cm³/mol. The number of nitrogens with zero attached hydrogens (tertiary/aromatic N) is 3. The molecule has 0 fully saturated rings. The number of benzene rings is 2. The van der Waals surface area contributed by atoms with Crippen molar-refractivity contribution in [3.63, 3.8) is 0 Å². The Morgan fingerprint density at radius 2 is 1.72 bits per heavy atom. The molecule has 0 saturated heterocycles. The largest absolute Gasteiger partial charge is 2.00 e. The van der Waals surface area contributed by atoms with Crippen molar-refractivity contribution in [1.82, 2.24) is 4.98 Å². The fraction of sp³-hybridized carbons (Fsp3) is 0.0588. The van der Waals surface area contributed by atoms with Crippen LogP contribution in [0.25, 0.3) is 10.8 Å². The second-order valence-electron chi connectivity index (χ2n) is 4.71. The Kier molecular flexibility index (Phi) is 8.05. The minimum absolute atomic E-state index is 0. The molecule has 25 heavy (non-hydrogen) atoms. The molecule has 0 spiro atoms. The van der Waals surface area contributed by atoms with E-state index in [0.29, 0.717) is 12.1 Å². The summed E-state index contributed by atoms with van der Waals surface area (Å²) in [5.74, 6) is -0.00605. The summed E-state index contributed by atoms with van der Waals surface area (Å²) in [6.07, 6.45) is 3.39. The van der Waals surface area contributed by atoms with Crippen LogP contribution < -0.4 is 5.11 Å². The second kappa shape index (κ2) is 10.0. The van der Waals surface area contributed by atoms with Crippen LogP contribution in [0.2, 0.25) is 0 Å². The van der Waals surface area contributed by atoms with Crippen molar-refractivity contribution in [2.45, 2.75) is 6.54 Å². The van der Waals surface area contributed by atoms with Crippen LogP contribution in [0.1, 0.15) is 11.3 Å². The zero-order valence-corrected chi connectivity index (χ0v) is 13.8. The molecule has 1 heterocycles. The van der Waals surface area contributed by atoms with Crippen molar-refractivity contribution in [1.29, 1.82) is 0 Å². The number of rotatable bonds is 3. The van der Waals surface area contributed by atoms with Crippen molar-refractivity contribution in [3.8, 4) is 5.75 Å². The Hall–Kier alpha value is -2.96. The molecule has 0 amide bonds. The zero-order chi connectivity index (χ0) is 17.4. The van der Waals surface area contributed by atoms with Crippen LogP contribution in [0.4, 0.5) is 0 Å². The van der Waals surface area contributed by atoms with Gasteiger partial charge in [0, 0.05) is 12.4 Å². The number of aliphatic imine (C=N–C) groups is 1. The molecule has 8 heteroatoms. The molecule has 3 aromatic rings. The first kappa shape index (κ1) is 20.1. The van der Waals surface area contributed by atoms with Crippen LogP contribution in [0.3, 0.4) is 0 Å². The predicted octanol–water partition coefficient (Wildman–Crippen LogP) is 2.69.